The first-order valence-corrected chi connectivity index (χ1v) is 12.4. The number of piperidine rings is 1. The van der Waals surface area contributed by atoms with Gasteiger partial charge in [0.2, 0.25) is 5.88 Å². The third-order valence-corrected chi connectivity index (χ3v) is 6.67. The molecule has 9 nitrogen and oxygen atoms in total. The number of ether oxygens (including phenoxy) is 2. The first-order chi connectivity index (χ1) is 18.6. The van der Waals surface area contributed by atoms with Gasteiger partial charge in [-0.2, -0.15) is 10.2 Å². The monoisotopic (exact) mass is 511 g/mol. The van der Waals surface area contributed by atoms with Crippen LogP contribution in [0.15, 0.2) is 48.9 Å². The number of methoxy groups -OCH3 is 1. The second-order valence-corrected chi connectivity index (χ2v) is 9.14. The number of benzene rings is 1. The highest BCUT2D eigenvalue weighted by atomic mass is 19.1. The van der Waals surface area contributed by atoms with E-state index < -0.39 is 5.82 Å². The molecular weight excluding hydrogens is 485 g/mol. The summed E-state index contributed by atoms with van der Waals surface area (Å²) in [5.74, 6) is -0.383. The number of aromatic nitrogens is 4. The molecule has 0 spiro atoms. The van der Waals surface area contributed by atoms with Crippen LogP contribution in [0.3, 0.4) is 0 Å². The lowest BCUT2D eigenvalue weighted by Crippen LogP contribution is -2.38. The topological polar surface area (TPSA) is 92.9 Å². The molecule has 1 atom stereocenters. The van der Waals surface area contributed by atoms with E-state index in [1.807, 2.05) is 12.1 Å². The zero-order valence-corrected chi connectivity index (χ0v) is 21.0. The average Bonchev–Trinajstić information content (AvgIpc) is 3.45. The Morgan fingerprint density at radius 2 is 2.08 bits per heavy atom. The van der Waals surface area contributed by atoms with Gasteiger partial charge in [-0.25, -0.2) is 19.2 Å². The van der Waals surface area contributed by atoms with E-state index in [1.165, 1.54) is 19.4 Å². The molecule has 1 saturated heterocycles. The fraction of sp³-hybridized carbons (Fsp3) is 0.321. The summed E-state index contributed by atoms with van der Waals surface area (Å²) in [7, 11) is 1.37. The van der Waals surface area contributed by atoms with Gasteiger partial charge in [-0.1, -0.05) is 24.3 Å². The molecule has 0 saturated carbocycles. The number of imidazole rings is 1. The molecule has 1 aromatic carbocycles. The van der Waals surface area contributed by atoms with Gasteiger partial charge in [0.25, 0.3) is 0 Å². The Kier molecular flexibility index (Phi) is 7.43. The molecule has 3 aromatic heterocycles. The summed E-state index contributed by atoms with van der Waals surface area (Å²) in [5, 5.41) is 8.93. The van der Waals surface area contributed by atoms with E-state index in [9.17, 15) is 4.39 Å². The Bertz CT molecular complexity index is 1520. The van der Waals surface area contributed by atoms with Crippen LogP contribution in [0.25, 0.3) is 32.9 Å². The SMILES string of the molecule is [C-]#[N+]c1ccc(-c2nc(OC[C@@H]3CCCN(CCC#N)C3)n3ccnc3c2-c2cnc(OC)c(F)c2)cc1. The summed E-state index contributed by atoms with van der Waals surface area (Å²) in [6.45, 7) is 10.4. The second-order valence-electron chi connectivity index (χ2n) is 9.14. The first kappa shape index (κ1) is 25.1. The maximum atomic E-state index is 14.7. The van der Waals surface area contributed by atoms with Crippen molar-refractivity contribution in [3.8, 4) is 40.3 Å². The van der Waals surface area contributed by atoms with E-state index in [0.717, 1.165) is 38.0 Å². The summed E-state index contributed by atoms with van der Waals surface area (Å²) in [5.41, 5.74) is 3.41. The third-order valence-electron chi connectivity index (χ3n) is 6.67. The Morgan fingerprint density at radius 3 is 2.82 bits per heavy atom. The molecule has 0 bridgehead atoms. The van der Waals surface area contributed by atoms with E-state index in [1.54, 1.807) is 28.9 Å². The van der Waals surface area contributed by atoms with Crippen molar-refractivity contribution in [2.45, 2.75) is 19.3 Å². The maximum Gasteiger partial charge on any atom is 0.302 e. The summed E-state index contributed by atoms with van der Waals surface area (Å²) in [6, 6.07) is 11.0. The van der Waals surface area contributed by atoms with Crippen molar-refractivity contribution in [3.05, 3.63) is 66.2 Å². The lowest BCUT2D eigenvalue weighted by atomic mass is 9.99. The van der Waals surface area contributed by atoms with Crippen LogP contribution in [-0.2, 0) is 0 Å². The minimum atomic E-state index is -0.595. The van der Waals surface area contributed by atoms with Gasteiger partial charge in [0.05, 0.1) is 37.6 Å². The highest BCUT2D eigenvalue weighted by Crippen LogP contribution is 2.37. The van der Waals surface area contributed by atoms with Crippen molar-refractivity contribution in [2.24, 2.45) is 5.92 Å². The molecular formula is C28H26FN7O2. The number of nitrogens with zero attached hydrogens (tertiary/aromatic N) is 7. The zero-order chi connectivity index (χ0) is 26.5. The van der Waals surface area contributed by atoms with Gasteiger partial charge < -0.3 is 14.4 Å². The molecule has 38 heavy (non-hydrogen) atoms. The molecule has 10 heteroatoms. The van der Waals surface area contributed by atoms with Crippen LogP contribution in [0.5, 0.6) is 11.9 Å². The van der Waals surface area contributed by atoms with Crippen molar-refractivity contribution >= 4 is 11.3 Å². The number of fused-ring (bicyclic) bond motifs is 1. The largest absolute Gasteiger partial charge is 0.479 e. The summed E-state index contributed by atoms with van der Waals surface area (Å²) in [6.07, 6.45) is 7.56. The standard InChI is InChI=1S/C28H26FN7O2/c1-31-22-8-6-20(7-9-22)25-24(21-15-23(29)27(37-2)33-16-21)26-32-11-14-36(26)28(34-25)38-18-19-5-3-12-35(17-19)13-4-10-30/h6-9,11,14-16,19H,3-5,12-13,17-18H2,2H3/t19-/m1/s1. The van der Waals surface area contributed by atoms with E-state index in [4.69, 9.17) is 26.3 Å². The van der Waals surface area contributed by atoms with E-state index in [2.05, 4.69) is 25.8 Å². The quantitative estimate of drug-likeness (QED) is 0.302. The van der Waals surface area contributed by atoms with Gasteiger partial charge in [0.1, 0.15) is 0 Å². The number of hydrogen-bond acceptors (Lipinski definition) is 7. The van der Waals surface area contributed by atoms with Crippen molar-refractivity contribution in [2.75, 3.05) is 33.4 Å². The predicted octanol–water partition coefficient (Wildman–Crippen LogP) is 5.16. The highest BCUT2D eigenvalue weighted by Gasteiger charge is 2.24. The van der Waals surface area contributed by atoms with Crippen LogP contribution in [-0.4, -0.2) is 57.6 Å². The van der Waals surface area contributed by atoms with Gasteiger partial charge in [-0.05, 0) is 31.0 Å². The smallest absolute Gasteiger partial charge is 0.302 e. The Labute approximate surface area is 219 Å². The van der Waals surface area contributed by atoms with Gasteiger partial charge in [-0.15, -0.1) is 0 Å². The number of nitriles is 1. The van der Waals surface area contributed by atoms with Crippen LogP contribution in [0.1, 0.15) is 19.3 Å². The normalized spacial score (nSPS) is 15.6. The molecule has 0 unspecified atom stereocenters. The third kappa shape index (κ3) is 5.13. The molecule has 0 radical (unpaired) electrons. The first-order valence-electron chi connectivity index (χ1n) is 12.4. The number of rotatable bonds is 8. The van der Waals surface area contributed by atoms with Crippen LogP contribution >= 0.6 is 0 Å². The van der Waals surface area contributed by atoms with Crippen molar-refractivity contribution in [1.82, 2.24) is 24.3 Å². The predicted molar refractivity (Wildman–Crippen MR) is 139 cm³/mol. The maximum absolute atomic E-state index is 14.7. The summed E-state index contributed by atoms with van der Waals surface area (Å²) < 4.78 is 27.7. The van der Waals surface area contributed by atoms with Crippen LogP contribution < -0.4 is 9.47 Å². The number of pyridine rings is 1. The highest BCUT2D eigenvalue weighted by molar-refractivity contribution is 5.90. The molecule has 0 N–H and O–H groups in total. The molecule has 0 aliphatic carbocycles. The fourth-order valence-electron chi connectivity index (χ4n) is 4.83. The minimum Gasteiger partial charge on any atom is -0.479 e. The molecule has 5 rings (SSSR count). The van der Waals surface area contributed by atoms with E-state index >= 15 is 0 Å². The lowest BCUT2D eigenvalue weighted by molar-refractivity contribution is 0.126. The molecule has 4 aromatic rings. The van der Waals surface area contributed by atoms with Crippen LogP contribution in [0.2, 0.25) is 0 Å². The molecule has 1 fully saturated rings. The second kappa shape index (κ2) is 11.2. The molecule has 1 aliphatic heterocycles. The van der Waals surface area contributed by atoms with Gasteiger partial charge in [0.15, 0.2) is 17.2 Å². The number of likely N-dealkylation sites (tertiary alicyclic amines) is 1. The fourth-order valence-corrected chi connectivity index (χ4v) is 4.83. The summed E-state index contributed by atoms with van der Waals surface area (Å²) in [4.78, 5) is 19.3. The zero-order valence-electron chi connectivity index (χ0n) is 21.0. The van der Waals surface area contributed by atoms with Gasteiger partial charge in [0, 0.05) is 49.6 Å². The molecule has 4 heterocycles. The van der Waals surface area contributed by atoms with Gasteiger partial charge >= 0.3 is 6.01 Å². The van der Waals surface area contributed by atoms with Gasteiger partial charge in [-0.3, -0.25) is 4.40 Å². The lowest BCUT2D eigenvalue weighted by Gasteiger charge is -2.31. The van der Waals surface area contributed by atoms with E-state index in [0.29, 0.717) is 53.1 Å². The molecule has 0 amide bonds. The van der Waals surface area contributed by atoms with Crippen molar-refractivity contribution < 1.29 is 13.9 Å². The van der Waals surface area contributed by atoms with Crippen LogP contribution in [0, 0.1) is 29.6 Å². The number of halogens is 1. The van der Waals surface area contributed by atoms with Crippen molar-refractivity contribution in [1.29, 1.82) is 5.26 Å². The Balaban J connectivity index is 1.55. The van der Waals surface area contributed by atoms with Crippen LogP contribution in [0.4, 0.5) is 10.1 Å². The van der Waals surface area contributed by atoms with E-state index in [-0.39, 0.29) is 5.88 Å². The van der Waals surface area contributed by atoms with Crippen molar-refractivity contribution in [3.63, 3.8) is 0 Å². The molecule has 192 valence electrons. The summed E-state index contributed by atoms with van der Waals surface area (Å²) >= 11 is 0. The average molecular weight is 512 g/mol. The molecule has 1 aliphatic rings. The Morgan fingerprint density at radius 1 is 1.24 bits per heavy atom. The minimum absolute atomic E-state index is 0.0970. The Hall–Kier alpha value is -4.54. The number of hydrogen-bond donors (Lipinski definition) is 0.